The van der Waals surface area contributed by atoms with E-state index in [0.717, 1.165) is 52.4 Å². The molecule has 0 spiro atoms. The number of thiazole rings is 1. The molecule has 152 valence electrons. The molecular weight excluding hydrogens is 402 g/mol. The van der Waals surface area contributed by atoms with Crippen LogP contribution in [0.15, 0.2) is 34.5 Å². The molecule has 0 saturated carbocycles. The fourth-order valence-electron chi connectivity index (χ4n) is 3.49. The Labute approximate surface area is 179 Å². The van der Waals surface area contributed by atoms with Crippen LogP contribution in [0.2, 0.25) is 0 Å². The third kappa shape index (κ3) is 4.87. The first-order chi connectivity index (χ1) is 14.1. The molecule has 1 aromatic carbocycles. The highest BCUT2D eigenvalue weighted by Gasteiger charge is 2.19. The highest BCUT2D eigenvalue weighted by Crippen LogP contribution is 2.24. The number of benzene rings is 1. The second kappa shape index (κ2) is 9.09. The number of amides is 1. The average Bonchev–Trinajstić information content (AvgIpc) is 3.23. The fraction of sp³-hybridized carbons (Fsp3) is 0.429. The highest BCUT2D eigenvalue weighted by molar-refractivity contribution is 7.98. The van der Waals surface area contributed by atoms with Gasteiger partial charge < -0.3 is 9.47 Å². The van der Waals surface area contributed by atoms with Gasteiger partial charge in [0.05, 0.1) is 17.2 Å². The van der Waals surface area contributed by atoms with Crippen molar-refractivity contribution in [1.29, 1.82) is 0 Å². The Balaban J connectivity index is 1.37. The number of hydrogen-bond acceptors (Lipinski definition) is 6. The van der Waals surface area contributed by atoms with Gasteiger partial charge in [0.1, 0.15) is 5.82 Å². The van der Waals surface area contributed by atoms with Crippen molar-refractivity contribution >= 4 is 29.0 Å². The Kier molecular flexibility index (Phi) is 6.30. The Bertz CT molecular complexity index is 979. The molecule has 29 heavy (non-hydrogen) atoms. The van der Waals surface area contributed by atoms with Crippen LogP contribution in [0.5, 0.6) is 0 Å². The van der Waals surface area contributed by atoms with Crippen molar-refractivity contribution < 1.29 is 4.79 Å². The van der Waals surface area contributed by atoms with Gasteiger partial charge in [-0.05, 0) is 44.0 Å². The van der Waals surface area contributed by atoms with Gasteiger partial charge in [0.2, 0.25) is 0 Å². The van der Waals surface area contributed by atoms with E-state index in [1.54, 1.807) is 28.0 Å². The molecule has 0 radical (unpaired) electrons. The fourth-order valence-corrected chi connectivity index (χ4v) is 5.00. The van der Waals surface area contributed by atoms with Crippen LogP contribution in [-0.2, 0) is 25.3 Å². The summed E-state index contributed by atoms with van der Waals surface area (Å²) in [6, 6.07) is 7.82. The summed E-state index contributed by atoms with van der Waals surface area (Å²) in [6.07, 6.45) is 4.52. The minimum absolute atomic E-state index is 0.00245. The lowest BCUT2D eigenvalue weighted by atomic mass is 10.2. The van der Waals surface area contributed by atoms with Crippen LogP contribution in [0.4, 0.5) is 0 Å². The Morgan fingerprint density at radius 2 is 2.03 bits per heavy atom. The molecule has 8 heteroatoms. The summed E-state index contributed by atoms with van der Waals surface area (Å²) in [5.41, 5.74) is 1.79. The van der Waals surface area contributed by atoms with E-state index in [4.69, 9.17) is 0 Å². The molecule has 0 aliphatic carbocycles. The molecule has 1 aliphatic rings. The predicted octanol–water partition coefficient (Wildman–Crippen LogP) is 4.33. The maximum Gasteiger partial charge on any atom is 0.254 e. The summed E-state index contributed by atoms with van der Waals surface area (Å²) in [4.78, 5) is 20.2. The van der Waals surface area contributed by atoms with Crippen LogP contribution in [0.3, 0.4) is 0 Å². The zero-order valence-corrected chi connectivity index (χ0v) is 18.4. The van der Waals surface area contributed by atoms with Gasteiger partial charge in [-0.25, -0.2) is 4.98 Å². The minimum Gasteiger partial charge on any atom is -0.334 e. The molecule has 1 amide bonds. The van der Waals surface area contributed by atoms with Crippen molar-refractivity contribution in [2.24, 2.45) is 0 Å². The first-order valence-corrected chi connectivity index (χ1v) is 11.8. The molecule has 0 N–H and O–H groups in total. The number of thioether (sulfide) groups is 1. The summed E-state index contributed by atoms with van der Waals surface area (Å²) >= 11 is 3.41. The van der Waals surface area contributed by atoms with Crippen LogP contribution in [0, 0.1) is 6.92 Å². The Hall–Kier alpha value is -2.19. The van der Waals surface area contributed by atoms with Crippen molar-refractivity contribution in [2.45, 2.75) is 56.3 Å². The first-order valence-electron chi connectivity index (χ1n) is 9.90. The van der Waals surface area contributed by atoms with Crippen LogP contribution in [0.1, 0.15) is 52.0 Å². The van der Waals surface area contributed by atoms with E-state index >= 15 is 0 Å². The summed E-state index contributed by atoms with van der Waals surface area (Å²) in [5.74, 6) is 2.77. The number of carbonyl (C=O) groups is 1. The Morgan fingerprint density at radius 3 is 2.79 bits per heavy atom. The molecule has 4 rings (SSSR count). The van der Waals surface area contributed by atoms with Crippen molar-refractivity contribution in [3.05, 3.63) is 57.6 Å². The summed E-state index contributed by atoms with van der Waals surface area (Å²) in [5, 5.41) is 11.9. The smallest absolute Gasteiger partial charge is 0.254 e. The quantitative estimate of drug-likeness (QED) is 0.548. The van der Waals surface area contributed by atoms with Gasteiger partial charge in [-0.2, -0.15) is 0 Å². The van der Waals surface area contributed by atoms with E-state index in [2.05, 4.69) is 25.1 Å². The van der Waals surface area contributed by atoms with Gasteiger partial charge in [0.15, 0.2) is 5.82 Å². The van der Waals surface area contributed by atoms with Crippen LogP contribution in [-0.4, -0.2) is 37.6 Å². The normalized spacial score (nSPS) is 13.7. The van der Waals surface area contributed by atoms with Gasteiger partial charge in [0.25, 0.3) is 5.91 Å². The summed E-state index contributed by atoms with van der Waals surface area (Å²) in [7, 11) is 1.83. The topological polar surface area (TPSA) is 63.9 Å². The van der Waals surface area contributed by atoms with E-state index in [0.29, 0.717) is 12.1 Å². The lowest BCUT2D eigenvalue weighted by Crippen LogP contribution is -2.28. The van der Waals surface area contributed by atoms with E-state index in [1.165, 1.54) is 12.8 Å². The lowest BCUT2D eigenvalue weighted by molar-refractivity contribution is 0.0779. The first kappa shape index (κ1) is 20.1. The van der Waals surface area contributed by atoms with Gasteiger partial charge in [-0.15, -0.1) is 33.3 Å². The van der Waals surface area contributed by atoms with E-state index in [-0.39, 0.29) is 5.91 Å². The number of hydrogen-bond donors (Lipinski definition) is 0. The van der Waals surface area contributed by atoms with Crippen LogP contribution in [0.25, 0.3) is 0 Å². The zero-order valence-electron chi connectivity index (χ0n) is 16.8. The molecule has 0 bridgehead atoms. The maximum atomic E-state index is 12.9. The van der Waals surface area contributed by atoms with Crippen molar-refractivity contribution in [3.63, 3.8) is 0 Å². The third-order valence-electron chi connectivity index (χ3n) is 5.07. The van der Waals surface area contributed by atoms with E-state index in [1.807, 2.05) is 38.2 Å². The van der Waals surface area contributed by atoms with Crippen molar-refractivity contribution in [1.82, 2.24) is 24.6 Å². The molecular formula is C21H25N5OS2. The second-order valence-corrected chi connectivity index (χ2v) is 9.44. The molecule has 0 saturated heterocycles. The SMILES string of the molecule is Cc1nc(CSc2ccc(C(=O)N(C)Cc3nnc4n3CCCCC4)cc2)cs1. The molecule has 0 fully saturated rings. The third-order valence-corrected chi connectivity index (χ3v) is 6.93. The van der Waals surface area contributed by atoms with Gasteiger partial charge in [0, 0.05) is 41.6 Å². The second-order valence-electron chi connectivity index (χ2n) is 7.33. The van der Waals surface area contributed by atoms with Crippen LogP contribution < -0.4 is 0 Å². The van der Waals surface area contributed by atoms with E-state index < -0.39 is 0 Å². The van der Waals surface area contributed by atoms with Gasteiger partial charge >= 0.3 is 0 Å². The molecule has 3 aromatic rings. The number of nitrogens with zero attached hydrogens (tertiary/aromatic N) is 5. The largest absolute Gasteiger partial charge is 0.334 e. The summed E-state index contributed by atoms with van der Waals surface area (Å²) < 4.78 is 2.19. The average molecular weight is 428 g/mol. The minimum atomic E-state index is 0.00245. The molecule has 3 heterocycles. The maximum absolute atomic E-state index is 12.9. The molecule has 0 atom stereocenters. The zero-order chi connectivity index (χ0) is 20.2. The number of carbonyl (C=O) groups excluding carboxylic acids is 1. The monoisotopic (exact) mass is 427 g/mol. The van der Waals surface area contributed by atoms with Crippen molar-refractivity contribution in [3.8, 4) is 0 Å². The lowest BCUT2D eigenvalue weighted by Gasteiger charge is -2.17. The predicted molar refractivity (Wildman–Crippen MR) is 116 cm³/mol. The number of fused-ring (bicyclic) bond motifs is 1. The van der Waals surface area contributed by atoms with Gasteiger partial charge in [-0.1, -0.05) is 6.42 Å². The van der Waals surface area contributed by atoms with Gasteiger partial charge in [-0.3, -0.25) is 4.79 Å². The number of aryl methyl sites for hydroxylation is 2. The number of aromatic nitrogens is 4. The van der Waals surface area contributed by atoms with E-state index in [9.17, 15) is 4.79 Å². The highest BCUT2D eigenvalue weighted by atomic mass is 32.2. The van der Waals surface area contributed by atoms with Crippen LogP contribution >= 0.6 is 23.1 Å². The van der Waals surface area contributed by atoms with Crippen molar-refractivity contribution in [2.75, 3.05) is 7.05 Å². The Morgan fingerprint density at radius 1 is 1.21 bits per heavy atom. The molecule has 6 nitrogen and oxygen atoms in total. The summed E-state index contributed by atoms with van der Waals surface area (Å²) in [6.45, 7) is 3.45. The standard InChI is InChI=1S/C21H25N5OS2/c1-15-22-17(13-28-15)14-29-18-9-7-16(8-10-18)21(27)25(2)12-20-24-23-19-6-4-3-5-11-26(19)20/h7-10,13H,3-6,11-12,14H2,1-2H3. The molecule has 0 unspecified atom stereocenters. The number of rotatable bonds is 6. The molecule has 2 aromatic heterocycles. The molecule has 1 aliphatic heterocycles.